The molecule has 36 heavy (non-hydrogen) atoms. The molecule has 10 nitrogen and oxygen atoms in total. The second-order valence-electron chi connectivity index (χ2n) is 7.46. The fourth-order valence-electron chi connectivity index (χ4n) is 3.52. The Morgan fingerprint density at radius 1 is 1.06 bits per heavy atom. The first-order valence-electron chi connectivity index (χ1n) is 10.5. The van der Waals surface area contributed by atoms with Crippen molar-refractivity contribution in [1.29, 1.82) is 5.26 Å². The fraction of sp³-hybridized carbons (Fsp3) is 0. The third-order valence-corrected chi connectivity index (χ3v) is 5.44. The number of aromatic hydroxyl groups is 1. The number of halogens is 1. The van der Waals surface area contributed by atoms with Gasteiger partial charge in [0.25, 0.3) is 11.9 Å². The molecule has 11 heteroatoms. The number of amides is 1. The summed E-state index contributed by atoms with van der Waals surface area (Å²) in [6.45, 7) is 0. The van der Waals surface area contributed by atoms with Gasteiger partial charge >= 0.3 is 0 Å². The lowest BCUT2D eigenvalue weighted by Gasteiger charge is -2.12. The molecule has 5 aromatic rings. The van der Waals surface area contributed by atoms with Gasteiger partial charge in [-0.25, -0.2) is 9.97 Å². The summed E-state index contributed by atoms with van der Waals surface area (Å²) in [6, 6.07) is 18.9. The molecule has 0 aliphatic carbocycles. The minimum atomic E-state index is -0.538. The summed E-state index contributed by atoms with van der Waals surface area (Å²) < 4.78 is 1.26. The van der Waals surface area contributed by atoms with Crippen LogP contribution < -0.4 is 5.32 Å². The average Bonchev–Trinajstić information content (AvgIpc) is 3.32. The number of phenolic OH excluding ortho intramolecular Hbond substituents is 1. The van der Waals surface area contributed by atoms with Crippen LogP contribution in [0.3, 0.4) is 0 Å². The Labute approximate surface area is 209 Å². The largest absolute Gasteiger partial charge is 0.505 e. The standard InChI is InChI=1S/C25H15ClN8O2/c26-17-6-8-18(9-7-17)31-24(36)21-19-5-2-1-4-15(19)12-20(22(21)35)32-33-23-16(13-27)14-30-34(23)25-28-10-3-11-29-25/h1-12,14,35H,(H,31,36)/b33-32+. The smallest absolute Gasteiger partial charge is 0.260 e. The first kappa shape index (κ1) is 22.6. The molecular weight excluding hydrogens is 480 g/mol. The molecule has 0 spiro atoms. The lowest BCUT2D eigenvalue weighted by atomic mass is 10.0. The molecule has 174 valence electrons. The number of nitrogens with zero attached hydrogens (tertiary/aromatic N) is 7. The minimum absolute atomic E-state index is 0.0254. The van der Waals surface area contributed by atoms with Gasteiger partial charge in [0.05, 0.1) is 11.8 Å². The van der Waals surface area contributed by atoms with Crippen LogP contribution in [-0.2, 0) is 0 Å². The highest BCUT2D eigenvalue weighted by molar-refractivity contribution is 6.30. The van der Waals surface area contributed by atoms with Crippen molar-refractivity contribution in [2.75, 3.05) is 5.32 Å². The number of carbonyl (C=O) groups is 1. The topological polar surface area (TPSA) is 141 Å². The molecule has 2 heterocycles. The molecule has 1 amide bonds. The summed E-state index contributed by atoms with van der Waals surface area (Å²) in [5.41, 5.74) is 0.690. The van der Waals surface area contributed by atoms with Crippen LogP contribution in [0.25, 0.3) is 16.7 Å². The monoisotopic (exact) mass is 494 g/mol. The van der Waals surface area contributed by atoms with Crippen LogP contribution in [0.2, 0.25) is 5.02 Å². The van der Waals surface area contributed by atoms with E-state index >= 15 is 0 Å². The maximum atomic E-state index is 13.2. The Hall–Kier alpha value is -5.14. The highest BCUT2D eigenvalue weighted by Crippen LogP contribution is 2.38. The highest BCUT2D eigenvalue weighted by Gasteiger charge is 2.20. The van der Waals surface area contributed by atoms with Crippen LogP contribution in [0.5, 0.6) is 5.75 Å². The van der Waals surface area contributed by atoms with Gasteiger partial charge in [-0.3, -0.25) is 4.79 Å². The molecule has 0 saturated heterocycles. The molecule has 0 fully saturated rings. The van der Waals surface area contributed by atoms with E-state index < -0.39 is 5.91 Å². The first-order chi connectivity index (χ1) is 17.5. The number of anilines is 1. The van der Waals surface area contributed by atoms with E-state index in [9.17, 15) is 15.2 Å². The van der Waals surface area contributed by atoms with Crippen molar-refractivity contribution in [3.63, 3.8) is 0 Å². The number of hydrogen-bond donors (Lipinski definition) is 2. The Balaban J connectivity index is 1.59. The van der Waals surface area contributed by atoms with Gasteiger partial charge in [0, 0.05) is 23.1 Å². The summed E-state index contributed by atoms with van der Waals surface area (Å²) >= 11 is 5.93. The van der Waals surface area contributed by atoms with E-state index in [-0.39, 0.29) is 34.3 Å². The molecule has 2 N–H and O–H groups in total. The number of phenols is 1. The molecule has 0 aliphatic heterocycles. The van der Waals surface area contributed by atoms with Crippen molar-refractivity contribution in [2.45, 2.75) is 0 Å². The van der Waals surface area contributed by atoms with Crippen LogP contribution in [0.4, 0.5) is 17.2 Å². The maximum Gasteiger partial charge on any atom is 0.260 e. The van der Waals surface area contributed by atoms with E-state index in [2.05, 4.69) is 30.6 Å². The number of rotatable bonds is 5. The van der Waals surface area contributed by atoms with Gasteiger partial charge in [-0.05, 0) is 47.2 Å². The van der Waals surface area contributed by atoms with Crippen molar-refractivity contribution in [2.24, 2.45) is 10.2 Å². The number of nitrogens with one attached hydrogen (secondary N) is 1. The molecule has 0 saturated carbocycles. The zero-order valence-corrected chi connectivity index (χ0v) is 19.1. The predicted molar refractivity (Wildman–Crippen MR) is 133 cm³/mol. The first-order valence-corrected chi connectivity index (χ1v) is 10.9. The molecule has 0 aliphatic rings. The van der Waals surface area contributed by atoms with Gasteiger partial charge < -0.3 is 10.4 Å². The number of hydrogen-bond acceptors (Lipinski definition) is 8. The molecule has 5 rings (SSSR count). The van der Waals surface area contributed by atoms with E-state index in [0.29, 0.717) is 21.5 Å². The van der Waals surface area contributed by atoms with Gasteiger partial charge in [-0.2, -0.15) is 15.0 Å². The normalized spacial score (nSPS) is 11.0. The van der Waals surface area contributed by atoms with Crippen LogP contribution >= 0.6 is 11.6 Å². The van der Waals surface area contributed by atoms with Gasteiger partial charge in [0.2, 0.25) is 0 Å². The van der Waals surface area contributed by atoms with Crippen LogP contribution in [0, 0.1) is 11.3 Å². The van der Waals surface area contributed by atoms with Crippen molar-refractivity contribution in [1.82, 2.24) is 19.7 Å². The second-order valence-corrected chi connectivity index (χ2v) is 7.89. The van der Waals surface area contributed by atoms with Crippen molar-refractivity contribution in [3.8, 4) is 17.8 Å². The third kappa shape index (κ3) is 4.34. The van der Waals surface area contributed by atoms with E-state index in [1.165, 1.54) is 23.3 Å². The van der Waals surface area contributed by atoms with Crippen LogP contribution in [-0.4, -0.2) is 30.8 Å². The Bertz CT molecular complexity index is 1660. The number of nitriles is 1. The Kier molecular flexibility index (Phi) is 6.05. The molecule has 0 atom stereocenters. The third-order valence-electron chi connectivity index (χ3n) is 5.19. The average molecular weight is 495 g/mol. The molecule has 0 bridgehead atoms. The van der Waals surface area contributed by atoms with Crippen molar-refractivity contribution >= 4 is 45.5 Å². The number of azo groups is 1. The second kappa shape index (κ2) is 9.61. The number of fused-ring (bicyclic) bond motifs is 1. The lowest BCUT2D eigenvalue weighted by molar-refractivity contribution is 0.102. The Morgan fingerprint density at radius 2 is 1.81 bits per heavy atom. The van der Waals surface area contributed by atoms with Crippen LogP contribution in [0.1, 0.15) is 15.9 Å². The number of carbonyl (C=O) groups excluding carboxylic acids is 1. The zero-order valence-electron chi connectivity index (χ0n) is 18.4. The zero-order chi connectivity index (χ0) is 25.1. The molecule has 0 unspecified atom stereocenters. The summed E-state index contributed by atoms with van der Waals surface area (Å²) in [4.78, 5) is 21.5. The predicted octanol–water partition coefficient (Wildman–Crippen LogP) is 5.71. The van der Waals surface area contributed by atoms with Gasteiger partial charge in [0.15, 0.2) is 11.6 Å². The highest BCUT2D eigenvalue weighted by atomic mass is 35.5. The SMILES string of the molecule is N#Cc1cnn(-c2ncccn2)c1/N=N/c1cc2ccccc2c(C(=O)Nc2ccc(Cl)cc2)c1O. The number of aromatic nitrogens is 4. The van der Waals surface area contributed by atoms with Gasteiger partial charge in [-0.1, -0.05) is 35.9 Å². The quantitative estimate of drug-likeness (QED) is 0.299. The van der Waals surface area contributed by atoms with Crippen molar-refractivity contribution in [3.05, 3.63) is 95.4 Å². The summed E-state index contributed by atoms with van der Waals surface area (Å²) in [5, 5.41) is 37.5. The molecular formula is C25H15ClN8O2. The maximum absolute atomic E-state index is 13.2. The molecule has 2 aromatic heterocycles. The van der Waals surface area contributed by atoms with Crippen molar-refractivity contribution < 1.29 is 9.90 Å². The Morgan fingerprint density at radius 3 is 2.56 bits per heavy atom. The summed E-state index contributed by atoms with van der Waals surface area (Å²) in [6.07, 6.45) is 4.37. The van der Waals surface area contributed by atoms with Crippen LogP contribution in [0.15, 0.2) is 89.5 Å². The van der Waals surface area contributed by atoms with E-state index in [1.54, 1.807) is 60.7 Å². The number of benzene rings is 3. The van der Waals surface area contributed by atoms with E-state index in [1.807, 2.05) is 6.07 Å². The van der Waals surface area contributed by atoms with E-state index in [4.69, 9.17) is 11.6 Å². The molecule has 0 radical (unpaired) electrons. The fourth-order valence-corrected chi connectivity index (χ4v) is 3.65. The van der Waals surface area contributed by atoms with E-state index in [0.717, 1.165) is 0 Å². The summed E-state index contributed by atoms with van der Waals surface area (Å²) in [5.74, 6) is -0.643. The van der Waals surface area contributed by atoms with Gasteiger partial charge in [-0.15, -0.1) is 10.2 Å². The minimum Gasteiger partial charge on any atom is -0.505 e. The lowest BCUT2D eigenvalue weighted by Crippen LogP contribution is -2.12. The van der Waals surface area contributed by atoms with Gasteiger partial charge in [0.1, 0.15) is 17.3 Å². The molecule has 3 aromatic carbocycles. The summed E-state index contributed by atoms with van der Waals surface area (Å²) in [7, 11) is 0.